The first-order valence-corrected chi connectivity index (χ1v) is 5.34. The Labute approximate surface area is 93.6 Å². The van der Waals surface area contributed by atoms with Gasteiger partial charge in [-0.1, -0.05) is 15.9 Å². The molecule has 2 nitrogen and oxygen atoms in total. The summed E-state index contributed by atoms with van der Waals surface area (Å²) in [6, 6.07) is 3.29. The first-order chi connectivity index (χ1) is 7.01. The van der Waals surface area contributed by atoms with Crippen LogP contribution >= 0.6 is 15.9 Å². The van der Waals surface area contributed by atoms with Crippen LogP contribution in [0.15, 0.2) is 18.3 Å². The van der Waals surface area contributed by atoms with E-state index in [1.807, 2.05) is 0 Å². The molecule has 0 aliphatic carbocycles. The van der Waals surface area contributed by atoms with E-state index in [-0.39, 0.29) is 6.61 Å². The number of halogens is 4. The lowest BCUT2D eigenvalue weighted by molar-refractivity contribution is -0.139. The first kappa shape index (κ1) is 12.3. The fourth-order valence-corrected chi connectivity index (χ4v) is 1.19. The Balaban J connectivity index is 2.38. The van der Waals surface area contributed by atoms with Crippen molar-refractivity contribution in [3.05, 3.63) is 24.0 Å². The quantitative estimate of drug-likeness (QED) is 0.791. The van der Waals surface area contributed by atoms with Crippen LogP contribution in [0.2, 0.25) is 0 Å². The summed E-state index contributed by atoms with van der Waals surface area (Å²) in [5, 5.41) is 0.607. The SMILES string of the molecule is FC(F)(F)CCOc1ccc(CBr)nc1. The van der Waals surface area contributed by atoms with Crippen molar-refractivity contribution in [2.45, 2.75) is 17.9 Å². The highest BCUT2D eigenvalue weighted by Gasteiger charge is 2.26. The average molecular weight is 284 g/mol. The Bertz CT molecular complexity index is 299. The predicted octanol–water partition coefficient (Wildman–Crippen LogP) is 3.31. The summed E-state index contributed by atoms with van der Waals surface area (Å²) < 4.78 is 40.2. The molecule has 0 spiro atoms. The highest BCUT2D eigenvalue weighted by Crippen LogP contribution is 2.20. The van der Waals surface area contributed by atoms with Gasteiger partial charge < -0.3 is 4.74 Å². The maximum absolute atomic E-state index is 11.8. The molecule has 15 heavy (non-hydrogen) atoms. The lowest BCUT2D eigenvalue weighted by atomic mass is 10.4. The summed E-state index contributed by atoms with van der Waals surface area (Å²) in [7, 11) is 0. The minimum Gasteiger partial charge on any atom is -0.492 e. The van der Waals surface area contributed by atoms with Crippen LogP contribution < -0.4 is 4.74 Å². The molecule has 0 N–H and O–H groups in total. The molecule has 0 saturated heterocycles. The number of rotatable bonds is 4. The number of ether oxygens (including phenoxy) is 1. The van der Waals surface area contributed by atoms with Gasteiger partial charge in [-0.05, 0) is 12.1 Å². The summed E-state index contributed by atoms with van der Waals surface area (Å²) in [4.78, 5) is 3.96. The number of hydrogen-bond acceptors (Lipinski definition) is 2. The number of pyridine rings is 1. The Morgan fingerprint density at radius 3 is 2.53 bits per heavy atom. The highest BCUT2D eigenvalue weighted by atomic mass is 79.9. The highest BCUT2D eigenvalue weighted by molar-refractivity contribution is 9.08. The zero-order chi connectivity index (χ0) is 11.3. The summed E-state index contributed by atoms with van der Waals surface area (Å²) in [6.45, 7) is -0.376. The molecule has 0 aliphatic heterocycles. The predicted molar refractivity (Wildman–Crippen MR) is 53.0 cm³/mol. The number of alkyl halides is 4. The molecule has 0 radical (unpaired) electrons. The lowest BCUT2D eigenvalue weighted by Crippen LogP contribution is -2.13. The molecule has 0 saturated carbocycles. The van der Waals surface area contributed by atoms with E-state index < -0.39 is 12.6 Å². The molecular formula is C9H9BrF3NO. The van der Waals surface area contributed by atoms with Gasteiger partial charge in [0.2, 0.25) is 0 Å². The lowest BCUT2D eigenvalue weighted by Gasteiger charge is -2.08. The van der Waals surface area contributed by atoms with Gasteiger partial charge in [0, 0.05) is 5.33 Å². The maximum atomic E-state index is 11.8. The van der Waals surface area contributed by atoms with Gasteiger partial charge in [-0.3, -0.25) is 4.98 Å². The van der Waals surface area contributed by atoms with Crippen molar-refractivity contribution in [1.29, 1.82) is 0 Å². The fraction of sp³-hybridized carbons (Fsp3) is 0.444. The molecule has 0 aromatic carbocycles. The second-order valence-electron chi connectivity index (χ2n) is 2.83. The Morgan fingerprint density at radius 2 is 2.07 bits per heavy atom. The number of nitrogens with zero attached hydrogens (tertiary/aromatic N) is 1. The fourth-order valence-electron chi connectivity index (χ4n) is 0.860. The molecule has 0 atom stereocenters. The second kappa shape index (κ2) is 5.34. The summed E-state index contributed by atoms with van der Waals surface area (Å²) in [6.07, 6.45) is -3.72. The van der Waals surface area contributed by atoms with E-state index in [1.54, 1.807) is 12.1 Å². The van der Waals surface area contributed by atoms with Gasteiger partial charge in [-0.2, -0.15) is 13.2 Å². The maximum Gasteiger partial charge on any atom is 0.392 e. The largest absolute Gasteiger partial charge is 0.492 e. The van der Waals surface area contributed by atoms with Crippen molar-refractivity contribution >= 4 is 15.9 Å². The summed E-state index contributed by atoms with van der Waals surface area (Å²) in [5.41, 5.74) is 0.804. The first-order valence-electron chi connectivity index (χ1n) is 4.22. The standard InChI is InChI=1S/C9H9BrF3NO/c10-5-7-1-2-8(6-14-7)15-4-3-9(11,12)13/h1-2,6H,3-5H2. The normalized spacial score (nSPS) is 11.5. The van der Waals surface area contributed by atoms with Gasteiger partial charge in [-0.25, -0.2) is 0 Å². The zero-order valence-electron chi connectivity index (χ0n) is 7.72. The van der Waals surface area contributed by atoms with Crippen molar-refractivity contribution < 1.29 is 17.9 Å². The monoisotopic (exact) mass is 283 g/mol. The Kier molecular flexibility index (Phi) is 4.38. The molecule has 6 heteroatoms. The third-order valence-electron chi connectivity index (χ3n) is 1.59. The molecule has 0 unspecified atom stereocenters. The zero-order valence-corrected chi connectivity index (χ0v) is 9.31. The van der Waals surface area contributed by atoms with E-state index in [9.17, 15) is 13.2 Å². The van der Waals surface area contributed by atoms with E-state index in [1.165, 1.54) is 6.20 Å². The van der Waals surface area contributed by atoms with Crippen LogP contribution in [0.25, 0.3) is 0 Å². The second-order valence-corrected chi connectivity index (χ2v) is 3.39. The van der Waals surface area contributed by atoms with Gasteiger partial charge in [-0.15, -0.1) is 0 Å². The van der Waals surface area contributed by atoms with E-state index in [2.05, 4.69) is 20.9 Å². The van der Waals surface area contributed by atoms with Crippen molar-refractivity contribution in [3.63, 3.8) is 0 Å². The Hall–Kier alpha value is -0.780. The summed E-state index contributed by atoms with van der Waals surface area (Å²) >= 11 is 3.21. The third kappa shape index (κ3) is 5.01. The van der Waals surface area contributed by atoms with Gasteiger partial charge >= 0.3 is 6.18 Å². The molecule has 1 rings (SSSR count). The molecule has 0 bridgehead atoms. The topological polar surface area (TPSA) is 22.1 Å². The Morgan fingerprint density at radius 1 is 1.33 bits per heavy atom. The molecule has 0 fully saturated rings. The van der Waals surface area contributed by atoms with E-state index in [0.29, 0.717) is 11.1 Å². The molecule has 1 aromatic rings. The minimum atomic E-state index is -4.18. The minimum absolute atomic E-state index is 0.351. The van der Waals surface area contributed by atoms with Gasteiger partial charge in [0.25, 0.3) is 0 Å². The van der Waals surface area contributed by atoms with E-state index in [0.717, 1.165) is 5.69 Å². The number of aromatic nitrogens is 1. The number of hydrogen-bond donors (Lipinski definition) is 0. The van der Waals surface area contributed by atoms with Crippen LogP contribution in [0.5, 0.6) is 5.75 Å². The molecule has 84 valence electrons. The third-order valence-corrected chi connectivity index (χ3v) is 2.16. The van der Waals surface area contributed by atoms with Gasteiger partial charge in [0.1, 0.15) is 5.75 Å². The van der Waals surface area contributed by atoms with Gasteiger partial charge in [0.05, 0.1) is 24.9 Å². The van der Waals surface area contributed by atoms with Crippen LogP contribution in [0.3, 0.4) is 0 Å². The van der Waals surface area contributed by atoms with Crippen molar-refractivity contribution in [2.24, 2.45) is 0 Å². The summed E-state index contributed by atoms with van der Waals surface area (Å²) in [5.74, 6) is 0.351. The molecule has 1 aromatic heterocycles. The van der Waals surface area contributed by atoms with Crippen LogP contribution in [-0.2, 0) is 5.33 Å². The molecule has 1 heterocycles. The van der Waals surface area contributed by atoms with Crippen LogP contribution in [0.4, 0.5) is 13.2 Å². The molecular weight excluding hydrogens is 275 g/mol. The average Bonchev–Trinajstić information content (AvgIpc) is 2.17. The van der Waals surface area contributed by atoms with Crippen LogP contribution in [-0.4, -0.2) is 17.8 Å². The van der Waals surface area contributed by atoms with Crippen molar-refractivity contribution in [1.82, 2.24) is 4.98 Å². The van der Waals surface area contributed by atoms with Crippen LogP contribution in [0, 0.1) is 0 Å². The molecule has 0 amide bonds. The van der Waals surface area contributed by atoms with E-state index >= 15 is 0 Å². The van der Waals surface area contributed by atoms with Crippen molar-refractivity contribution in [3.8, 4) is 5.75 Å². The van der Waals surface area contributed by atoms with Crippen LogP contribution in [0.1, 0.15) is 12.1 Å². The molecule has 0 aliphatic rings. The smallest absolute Gasteiger partial charge is 0.392 e. The van der Waals surface area contributed by atoms with Gasteiger partial charge in [0.15, 0.2) is 0 Å². The van der Waals surface area contributed by atoms with Crippen molar-refractivity contribution in [2.75, 3.05) is 6.61 Å². The van der Waals surface area contributed by atoms with E-state index in [4.69, 9.17) is 4.74 Å².